The lowest BCUT2D eigenvalue weighted by Gasteiger charge is -2.14. The van der Waals surface area contributed by atoms with E-state index in [0.717, 1.165) is 11.1 Å². The number of hydrogen-bond donors (Lipinski definition) is 1. The van der Waals surface area contributed by atoms with Crippen molar-refractivity contribution in [2.24, 2.45) is 5.73 Å². The predicted octanol–water partition coefficient (Wildman–Crippen LogP) is 3.43. The average Bonchev–Trinajstić information content (AvgIpc) is 2.45. The second-order valence-electron chi connectivity index (χ2n) is 4.04. The zero-order chi connectivity index (χ0) is 14.5. The number of halogens is 2. The van der Waals surface area contributed by atoms with Crippen molar-refractivity contribution in [2.45, 2.75) is 13.2 Å². The second kappa shape index (κ2) is 6.79. The molecule has 0 atom stereocenters. The van der Waals surface area contributed by atoms with Gasteiger partial charge in [-0.1, -0.05) is 23.2 Å². The maximum atomic E-state index is 6.14. The summed E-state index contributed by atoms with van der Waals surface area (Å²) in [5, 5.41) is 0.961. The molecule has 20 heavy (non-hydrogen) atoms. The van der Waals surface area contributed by atoms with Crippen LogP contribution in [0, 0.1) is 0 Å². The monoisotopic (exact) mass is 312 g/mol. The van der Waals surface area contributed by atoms with Crippen LogP contribution in [0.25, 0.3) is 0 Å². The molecule has 0 spiro atoms. The number of rotatable bonds is 5. The van der Waals surface area contributed by atoms with Crippen molar-refractivity contribution < 1.29 is 9.47 Å². The van der Waals surface area contributed by atoms with Crippen LogP contribution >= 0.6 is 23.2 Å². The topological polar surface area (TPSA) is 57.4 Å². The zero-order valence-corrected chi connectivity index (χ0v) is 12.4. The summed E-state index contributed by atoms with van der Waals surface area (Å²) in [6, 6.07) is 7.05. The number of ether oxygens (including phenoxy) is 2. The molecule has 0 aliphatic carbocycles. The Kier molecular flexibility index (Phi) is 5.06. The van der Waals surface area contributed by atoms with Gasteiger partial charge in [-0.3, -0.25) is 0 Å². The van der Waals surface area contributed by atoms with E-state index in [9.17, 15) is 0 Å². The summed E-state index contributed by atoms with van der Waals surface area (Å²) >= 11 is 12.1. The largest absolute Gasteiger partial charge is 0.487 e. The number of pyridine rings is 1. The minimum absolute atomic E-state index is 0.283. The van der Waals surface area contributed by atoms with Gasteiger partial charge in [-0.05, 0) is 24.3 Å². The molecule has 0 amide bonds. The summed E-state index contributed by atoms with van der Waals surface area (Å²) in [7, 11) is 1.56. The van der Waals surface area contributed by atoms with E-state index >= 15 is 0 Å². The van der Waals surface area contributed by atoms with Crippen molar-refractivity contribution in [1.29, 1.82) is 0 Å². The van der Waals surface area contributed by atoms with Gasteiger partial charge in [0.2, 0.25) is 5.88 Å². The Balaban J connectivity index is 2.23. The summed E-state index contributed by atoms with van der Waals surface area (Å²) in [6.07, 6.45) is 1.66. The molecule has 0 aliphatic rings. The van der Waals surface area contributed by atoms with E-state index < -0.39 is 0 Å². The molecule has 0 radical (unpaired) electrons. The van der Waals surface area contributed by atoms with E-state index in [4.69, 9.17) is 38.4 Å². The molecule has 0 fully saturated rings. The zero-order valence-electron chi connectivity index (χ0n) is 10.9. The normalized spacial score (nSPS) is 10.4. The maximum Gasteiger partial charge on any atom is 0.219 e. The van der Waals surface area contributed by atoms with Gasteiger partial charge in [-0.15, -0.1) is 0 Å². The van der Waals surface area contributed by atoms with Crippen molar-refractivity contribution in [3.8, 4) is 11.6 Å². The molecule has 1 aromatic carbocycles. The second-order valence-corrected chi connectivity index (χ2v) is 4.88. The van der Waals surface area contributed by atoms with Gasteiger partial charge in [0.1, 0.15) is 12.4 Å². The van der Waals surface area contributed by atoms with E-state index in [-0.39, 0.29) is 6.61 Å². The molecule has 2 rings (SSSR count). The van der Waals surface area contributed by atoms with Crippen molar-refractivity contribution >= 4 is 23.2 Å². The summed E-state index contributed by atoms with van der Waals surface area (Å²) < 4.78 is 10.9. The first-order chi connectivity index (χ1) is 9.65. The Morgan fingerprint density at radius 3 is 2.75 bits per heavy atom. The van der Waals surface area contributed by atoms with Crippen LogP contribution in [0.5, 0.6) is 11.6 Å². The summed E-state index contributed by atoms with van der Waals surface area (Å²) in [5.41, 5.74) is 7.26. The lowest BCUT2D eigenvalue weighted by molar-refractivity contribution is 0.291. The molecule has 0 saturated heterocycles. The highest BCUT2D eigenvalue weighted by Gasteiger charge is 2.11. The fourth-order valence-corrected chi connectivity index (χ4v) is 2.38. The van der Waals surface area contributed by atoms with E-state index in [0.29, 0.717) is 28.2 Å². The summed E-state index contributed by atoms with van der Waals surface area (Å²) in [6.45, 7) is 0.575. The van der Waals surface area contributed by atoms with Crippen molar-refractivity contribution in [3.63, 3.8) is 0 Å². The van der Waals surface area contributed by atoms with Gasteiger partial charge >= 0.3 is 0 Å². The number of hydrogen-bond acceptors (Lipinski definition) is 4. The Bertz CT molecular complexity index is 606. The highest BCUT2D eigenvalue weighted by atomic mass is 35.5. The lowest BCUT2D eigenvalue weighted by atomic mass is 10.2. The van der Waals surface area contributed by atoms with Crippen molar-refractivity contribution in [2.75, 3.05) is 7.11 Å². The third kappa shape index (κ3) is 3.33. The van der Waals surface area contributed by atoms with Gasteiger partial charge in [0.25, 0.3) is 0 Å². The maximum absolute atomic E-state index is 6.14. The minimum atomic E-state index is 0.283. The van der Waals surface area contributed by atoms with Crippen LogP contribution in [0.15, 0.2) is 30.5 Å². The highest BCUT2D eigenvalue weighted by Crippen LogP contribution is 2.33. The van der Waals surface area contributed by atoms with Gasteiger partial charge < -0.3 is 15.2 Å². The first-order valence-electron chi connectivity index (χ1n) is 5.94. The molecule has 1 heterocycles. The summed E-state index contributed by atoms with van der Waals surface area (Å²) in [4.78, 5) is 4.11. The Labute approximate surface area is 127 Å². The van der Waals surface area contributed by atoms with Crippen LogP contribution in [-0.4, -0.2) is 12.1 Å². The Hall–Kier alpha value is -1.49. The number of nitrogens with zero attached hydrogens (tertiary/aromatic N) is 1. The standard InChI is InChI=1S/C14H14Cl2N2O2/c1-19-14-9(3-2-4-18-14)8-20-13-10(7-17)5-11(15)6-12(13)16/h2-6H,7-8,17H2,1H3. The third-order valence-electron chi connectivity index (χ3n) is 2.72. The van der Waals surface area contributed by atoms with E-state index in [2.05, 4.69) is 4.98 Å². The van der Waals surface area contributed by atoms with Gasteiger partial charge in [0.15, 0.2) is 0 Å². The van der Waals surface area contributed by atoms with Gasteiger partial charge in [0.05, 0.1) is 17.7 Å². The van der Waals surface area contributed by atoms with Gasteiger partial charge in [-0.2, -0.15) is 0 Å². The Morgan fingerprint density at radius 1 is 1.25 bits per heavy atom. The van der Waals surface area contributed by atoms with E-state index in [1.54, 1.807) is 25.4 Å². The number of benzene rings is 1. The van der Waals surface area contributed by atoms with Crippen LogP contribution in [0.4, 0.5) is 0 Å². The highest BCUT2D eigenvalue weighted by molar-refractivity contribution is 6.35. The molecule has 0 aliphatic heterocycles. The van der Waals surface area contributed by atoms with Gasteiger partial charge in [0, 0.05) is 23.3 Å². The smallest absolute Gasteiger partial charge is 0.219 e. The molecule has 1 aromatic heterocycles. The molecule has 6 heteroatoms. The SMILES string of the molecule is COc1ncccc1COc1c(Cl)cc(Cl)cc1CN. The van der Waals surface area contributed by atoms with Crippen molar-refractivity contribution in [3.05, 3.63) is 51.6 Å². The Morgan fingerprint density at radius 2 is 2.05 bits per heavy atom. The van der Waals surface area contributed by atoms with E-state index in [1.807, 2.05) is 12.1 Å². The number of aromatic nitrogens is 1. The molecule has 106 valence electrons. The van der Waals surface area contributed by atoms with Crippen LogP contribution < -0.4 is 15.2 Å². The molecule has 2 aromatic rings. The molecule has 4 nitrogen and oxygen atoms in total. The summed E-state index contributed by atoms with van der Waals surface area (Å²) in [5.74, 6) is 1.05. The van der Waals surface area contributed by atoms with E-state index in [1.165, 1.54) is 0 Å². The minimum Gasteiger partial charge on any atom is -0.487 e. The quantitative estimate of drug-likeness (QED) is 0.919. The molecule has 0 bridgehead atoms. The van der Waals surface area contributed by atoms with Crippen molar-refractivity contribution in [1.82, 2.24) is 4.98 Å². The average molecular weight is 313 g/mol. The molecule has 0 saturated carbocycles. The third-order valence-corrected chi connectivity index (χ3v) is 3.22. The van der Waals surface area contributed by atoms with Gasteiger partial charge in [-0.25, -0.2) is 4.98 Å². The molecular formula is C14H14Cl2N2O2. The fraction of sp³-hybridized carbons (Fsp3) is 0.214. The van der Waals surface area contributed by atoms with Crippen LogP contribution in [0.3, 0.4) is 0 Å². The molecule has 0 unspecified atom stereocenters. The van der Waals surface area contributed by atoms with Crippen LogP contribution in [-0.2, 0) is 13.2 Å². The van der Waals surface area contributed by atoms with Crippen LogP contribution in [0.2, 0.25) is 10.0 Å². The molecular weight excluding hydrogens is 299 g/mol. The lowest BCUT2D eigenvalue weighted by Crippen LogP contribution is -2.05. The first kappa shape index (κ1) is 14.9. The number of nitrogens with two attached hydrogens (primary N) is 1. The molecule has 2 N–H and O–H groups in total. The first-order valence-corrected chi connectivity index (χ1v) is 6.70. The number of methoxy groups -OCH3 is 1. The predicted molar refractivity (Wildman–Crippen MR) is 79.5 cm³/mol. The van der Waals surface area contributed by atoms with Crippen LogP contribution in [0.1, 0.15) is 11.1 Å². The fourth-order valence-electron chi connectivity index (χ4n) is 1.79.